The SMILES string of the molecule is CCN1N=CC[C@@H]1C. The van der Waals surface area contributed by atoms with Crippen LogP contribution in [0.3, 0.4) is 0 Å². The van der Waals surface area contributed by atoms with Crippen LogP contribution in [0.5, 0.6) is 0 Å². The molecule has 1 aliphatic rings. The lowest BCUT2D eigenvalue weighted by Crippen LogP contribution is -2.22. The molecule has 1 aliphatic heterocycles. The van der Waals surface area contributed by atoms with Crippen molar-refractivity contribution in [3.05, 3.63) is 0 Å². The highest BCUT2D eigenvalue weighted by Gasteiger charge is 2.11. The molecular formula is C6H12N2. The van der Waals surface area contributed by atoms with Gasteiger partial charge in [-0.1, -0.05) is 0 Å². The number of hydrogen-bond donors (Lipinski definition) is 0. The highest BCUT2D eigenvalue weighted by Crippen LogP contribution is 2.07. The van der Waals surface area contributed by atoms with Crippen molar-refractivity contribution in [2.24, 2.45) is 5.10 Å². The van der Waals surface area contributed by atoms with E-state index in [4.69, 9.17) is 0 Å². The van der Waals surface area contributed by atoms with Crippen molar-refractivity contribution >= 4 is 6.21 Å². The molecule has 0 unspecified atom stereocenters. The maximum Gasteiger partial charge on any atom is 0.0492 e. The predicted octanol–water partition coefficient (Wildman–Crippen LogP) is 1.09. The lowest BCUT2D eigenvalue weighted by molar-refractivity contribution is 0.259. The van der Waals surface area contributed by atoms with Gasteiger partial charge in [0.2, 0.25) is 0 Å². The largest absolute Gasteiger partial charge is 0.295 e. The smallest absolute Gasteiger partial charge is 0.0492 e. The third-order valence-electron chi connectivity index (χ3n) is 1.51. The Balaban J connectivity index is 2.41. The molecule has 1 heterocycles. The minimum Gasteiger partial charge on any atom is -0.295 e. The molecule has 2 nitrogen and oxygen atoms in total. The zero-order valence-corrected chi connectivity index (χ0v) is 5.46. The Morgan fingerprint density at radius 1 is 1.88 bits per heavy atom. The van der Waals surface area contributed by atoms with Crippen molar-refractivity contribution in [3.8, 4) is 0 Å². The van der Waals surface area contributed by atoms with E-state index in [2.05, 4.69) is 24.0 Å². The number of rotatable bonds is 1. The third-order valence-corrected chi connectivity index (χ3v) is 1.51. The minimum absolute atomic E-state index is 0.639. The van der Waals surface area contributed by atoms with Crippen LogP contribution in [0, 0.1) is 0 Å². The molecule has 0 saturated heterocycles. The Hall–Kier alpha value is -0.530. The van der Waals surface area contributed by atoms with Crippen LogP contribution >= 0.6 is 0 Å². The average Bonchev–Trinajstić information content (AvgIpc) is 2.14. The zero-order valence-electron chi connectivity index (χ0n) is 5.46. The summed E-state index contributed by atoms with van der Waals surface area (Å²) in [5.74, 6) is 0. The maximum atomic E-state index is 4.14. The first-order valence-corrected chi connectivity index (χ1v) is 3.13. The summed E-state index contributed by atoms with van der Waals surface area (Å²) in [7, 11) is 0. The Morgan fingerprint density at radius 2 is 2.62 bits per heavy atom. The van der Waals surface area contributed by atoms with Gasteiger partial charge in [-0.05, 0) is 13.8 Å². The molecule has 0 amide bonds. The monoisotopic (exact) mass is 112 g/mol. The normalized spacial score (nSPS) is 27.2. The van der Waals surface area contributed by atoms with Crippen LogP contribution in [0.2, 0.25) is 0 Å². The topological polar surface area (TPSA) is 15.6 Å². The van der Waals surface area contributed by atoms with Gasteiger partial charge in [-0.2, -0.15) is 5.10 Å². The summed E-state index contributed by atoms with van der Waals surface area (Å²) in [4.78, 5) is 0. The summed E-state index contributed by atoms with van der Waals surface area (Å²) in [6.07, 6.45) is 3.10. The van der Waals surface area contributed by atoms with E-state index < -0.39 is 0 Å². The van der Waals surface area contributed by atoms with Gasteiger partial charge in [0.05, 0.1) is 0 Å². The van der Waals surface area contributed by atoms with Crippen molar-refractivity contribution in [1.82, 2.24) is 5.01 Å². The molecule has 0 saturated carbocycles. The molecule has 0 fully saturated rings. The summed E-state index contributed by atoms with van der Waals surface area (Å²) >= 11 is 0. The molecular weight excluding hydrogens is 100 g/mol. The molecule has 0 bridgehead atoms. The lowest BCUT2D eigenvalue weighted by Gasteiger charge is -2.16. The van der Waals surface area contributed by atoms with E-state index in [1.54, 1.807) is 0 Å². The van der Waals surface area contributed by atoms with Gasteiger partial charge >= 0.3 is 0 Å². The fourth-order valence-electron chi connectivity index (χ4n) is 0.933. The van der Waals surface area contributed by atoms with E-state index in [1.165, 1.54) is 0 Å². The van der Waals surface area contributed by atoms with Crippen LogP contribution in [-0.2, 0) is 0 Å². The third kappa shape index (κ3) is 0.831. The Kier molecular flexibility index (Phi) is 1.51. The molecule has 46 valence electrons. The fraction of sp³-hybridized carbons (Fsp3) is 0.833. The highest BCUT2D eigenvalue weighted by molar-refractivity contribution is 5.59. The van der Waals surface area contributed by atoms with Crippen molar-refractivity contribution < 1.29 is 0 Å². The molecule has 1 atom stereocenters. The first kappa shape index (κ1) is 5.60. The molecule has 0 spiro atoms. The second-order valence-electron chi connectivity index (χ2n) is 2.14. The van der Waals surface area contributed by atoms with E-state index in [0.29, 0.717) is 6.04 Å². The first-order valence-electron chi connectivity index (χ1n) is 3.13. The maximum absolute atomic E-state index is 4.14. The molecule has 8 heavy (non-hydrogen) atoms. The van der Waals surface area contributed by atoms with Crippen LogP contribution in [0.15, 0.2) is 5.10 Å². The summed E-state index contributed by atoms with van der Waals surface area (Å²) in [6, 6.07) is 0.639. The second-order valence-corrected chi connectivity index (χ2v) is 2.14. The van der Waals surface area contributed by atoms with Gasteiger partial charge in [-0.25, -0.2) is 0 Å². The molecule has 0 aliphatic carbocycles. The van der Waals surface area contributed by atoms with Gasteiger partial charge in [0.15, 0.2) is 0 Å². The summed E-state index contributed by atoms with van der Waals surface area (Å²) < 4.78 is 0. The summed E-state index contributed by atoms with van der Waals surface area (Å²) in [5, 5.41) is 6.24. The number of hydrazone groups is 1. The van der Waals surface area contributed by atoms with Crippen LogP contribution in [0.4, 0.5) is 0 Å². The molecule has 2 heteroatoms. The lowest BCUT2D eigenvalue weighted by atomic mass is 10.3. The van der Waals surface area contributed by atoms with Gasteiger partial charge in [-0.3, -0.25) is 5.01 Å². The van der Waals surface area contributed by atoms with Gasteiger partial charge in [0.25, 0.3) is 0 Å². The molecule has 0 aromatic carbocycles. The Morgan fingerprint density at radius 3 is 2.88 bits per heavy atom. The van der Waals surface area contributed by atoms with E-state index >= 15 is 0 Å². The van der Waals surface area contributed by atoms with E-state index in [9.17, 15) is 0 Å². The Labute approximate surface area is 50.2 Å². The number of nitrogens with zero attached hydrogens (tertiary/aromatic N) is 2. The van der Waals surface area contributed by atoms with Crippen LogP contribution in [-0.4, -0.2) is 23.8 Å². The van der Waals surface area contributed by atoms with Crippen LogP contribution < -0.4 is 0 Å². The second kappa shape index (κ2) is 2.16. The van der Waals surface area contributed by atoms with E-state index in [1.807, 2.05) is 6.21 Å². The Bertz CT molecular complexity index is 98.7. The summed E-state index contributed by atoms with van der Waals surface area (Å²) in [5.41, 5.74) is 0. The summed E-state index contributed by atoms with van der Waals surface area (Å²) in [6.45, 7) is 5.35. The van der Waals surface area contributed by atoms with E-state index in [0.717, 1.165) is 13.0 Å². The molecule has 0 radical (unpaired) electrons. The van der Waals surface area contributed by atoms with Gasteiger partial charge in [0, 0.05) is 25.2 Å². The fourth-order valence-corrected chi connectivity index (χ4v) is 0.933. The molecule has 0 aromatic rings. The minimum atomic E-state index is 0.639. The van der Waals surface area contributed by atoms with Crippen molar-refractivity contribution in [1.29, 1.82) is 0 Å². The van der Waals surface area contributed by atoms with Gasteiger partial charge < -0.3 is 0 Å². The standard InChI is InChI=1S/C6H12N2/c1-3-8-6(2)4-5-7-8/h5-6H,3-4H2,1-2H3/t6-/m0/s1. The molecule has 0 N–H and O–H groups in total. The highest BCUT2D eigenvalue weighted by atomic mass is 15.5. The first-order chi connectivity index (χ1) is 3.84. The number of hydrogen-bond acceptors (Lipinski definition) is 2. The van der Waals surface area contributed by atoms with Crippen molar-refractivity contribution in [3.63, 3.8) is 0 Å². The van der Waals surface area contributed by atoms with Crippen LogP contribution in [0.1, 0.15) is 20.3 Å². The van der Waals surface area contributed by atoms with Crippen LogP contribution in [0.25, 0.3) is 0 Å². The molecule has 0 aromatic heterocycles. The predicted molar refractivity (Wildman–Crippen MR) is 35.0 cm³/mol. The van der Waals surface area contributed by atoms with Gasteiger partial charge in [0.1, 0.15) is 0 Å². The van der Waals surface area contributed by atoms with Crippen molar-refractivity contribution in [2.45, 2.75) is 26.3 Å². The zero-order chi connectivity index (χ0) is 5.98. The van der Waals surface area contributed by atoms with Crippen molar-refractivity contribution in [2.75, 3.05) is 6.54 Å². The molecule has 1 rings (SSSR count). The van der Waals surface area contributed by atoms with Gasteiger partial charge in [-0.15, -0.1) is 0 Å². The quantitative estimate of drug-likeness (QED) is 0.495. The van der Waals surface area contributed by atoms with E-state index in [-0.39, 0.29) is 0 Å². The average molecular weight is 112 g/mol.